The number of hydrogen-bond acceptors (Lipinski definition) is 4. The molecule has 0 aromatic rings. The third-order valence-corrected chi connectivity index (χ3v) is 4.63. The molecule has 0 aromatic carbocycles. The van der Waals surface area contributed by atoms with E-state index < -0.39 is 0 Å². The summed E-state index contributed by atoms with van der Waals surface area (Å²) in [5.74, 6) is 0.803. The molecule has 1 saturated heterocycles. The topological polar surface area (TPSA) is 46.9 Å². The Morgan fingerprint density at radius 3 is 2.39 bits per heavy atom. The van der Waals surface area contributed by atoms with Crippen LogP contribution >= 0.6 is 0 Å². The molecule has 2 rings (SSSR count). The zero-order valence-corrected chi connectivity index (χ0v) is 11.6. The number of β-amino-alcohol motifs (C(OH)–C–C–N with tert-alkyl or cyclic N) is 1. The van der Waals surface area contributed by atoms with E-state index in [1.165, 1.54) is 19.4 Å². The SMILES string of the molecule is CCN(CC1CCN(CCO)CC1)[C@H]1C[C@H](O)C1. The third-order valence-electron chi connectivity index (χ3n) is 4.63. The fourth-order valence-corrected chi connectivity index (χ4v) is 3.26. The molecule has 4 nitrogen and oxygen atoms in total. The smallest absolute Gasteiger partial charge is 0.0570 e. The van der Waals surface area contributed by atoms with Gasteiger partial charge in [0.1, 0.15) is 0 Å². The number of aliphatic hydroxyl groups excluding tert-OH is 2. The van der Waals surface area contributed by atoms with Crippen LogP contribution < -0.4 is 0 Å². The number of piperidine rings is 1. The lowest BCUT2D eigenvalue weighted by Gasteiger charge is -2.43. The lowest BCUT2D eigenvalue weighted by atomic mass is 9.86. The largest absolute Gasteiger partial charge is 0.395 e. The molecule has 106 valence electrons. The number of likely N-dealkylation sites (tertiary alicyclic amines) is 1. The van der Waals surface area contributed by atoms with E-state index in [9.17, 15) is 5.11 Å². The number of hydrogen-bond donors (Lipinski definition) is 2. The minimum atomic E-state index is -0.0459. The minimum absolute atomic E-state index is 0.0459. The van der Waals surface area contributed by atoms with E-state index in [4.69, 9.17) is 5.11 Å². The summed E-state index contributed by atoms with van der Waals surface area (Å²) >= 11 is 0. The summed E-state index contributed by atoms with van der Waals surface area (Å²) in [6.45, 7) is 7.91. The summed E-state index contributed by atoms with van der Waals surface area (Å²) in [6.07, 6.45) is 4.40. The Bertz CT molecular complexity index is 236. The van der Waals surface area contributed by atoms with E-state index in [-0.39, 0.29) is 12.7 Å². The average molecular weight is 256 g/mol. The maximum Gasteiger partial charge on any atom is 0.0570 e. The summed E-state index contributed by atoms with van der Waals surface area (Å²) in [5, 5.41) is 18.3. The van der Waals surface area contributed by atoms with Gasteiger partial charge in [-0.2, -0.15) is 0 Å². The molecular formula is C14H28N2O2. The van der Waals surface area contributed by atoms with Gasteiger partial charge in [0.25, 0.3) is 0 Å². The summed E-state index contributed by atoms with van der Waals surface area (Å²) in [4.78, 5) is 4.92. The first-order valence-corrected chi connectivity index (χ1v) is 7.48. The minimum Gasteiger partial charge on any atom is -0.395 e. The second-order valence-electron chi connectivity index (χ2n) is 5.88. The van der Waals surface area contributed by atoms with Gasteiger partial charge in [-0.3, -0.25) is 0 Å². The molecule has 1 heterocycles. The van der Waals surface area contributed by atoms with Crippen molar-refractivity contribution in [3.63, 3.8) is 0 Å². The fraction of sp³-hybridized carbons (Fsp3) is 1.00. The van der Waals surface area contributed by atoms with Crippen LogP contribution in [0.5, 0.6) is 0 Å². The van der Waals surface area contributed by atoms with Crippen LogP contribution in [-0.4, -0.2) is 71.5 Å². The van der Waals surface area contributed by atoms with E-state index in [0.29, 0.717) is 6.04 Å². The molecule has 2 aliphatic rings. The van der Waals surface area contributed by atoms with Gasteiger partial charge in [-0.25, -0.2) is 0 Å². The first kappa shape index (κ1) is 14.3. The maximum atomic E-state index is 9.41. The predicted octanol–water partition coefficient (Wildman–Crippen LogP) is 0.536. The second-order valence-corrected chi connectivity index (χ2v) is 5.88. The first-order valence-electron chi connectivity index (χ1n) is 7.48. The van der Waals surface area contributed by atoms with Gasteiger partial charge in [0.05, 0.1) is 12.7 Å². The monoisotopic (exact) mass is 256 g/mol. The number of aliphatic hydroxyl groups is 2. The lowest BCUT2D eigenvalue weighted by molar-refractivity contribution is -0.00670. The van der Waals surface area contributed by atoms with Crippen molar-refractivity contribution in [1.29, 1.82) is 0 Å². The van der Waals surface area contributed by atoms with Crippen LogP contribution in [0.4, 0.5) is 0 Å². The van der Waals surface area contributed by atoms with Gasteiger partial charge in [0, 0.05) is 19.1 Å². The van der Waals surface area contributed by atoms with Gasteiger partial charge >= 0.3 is 0 Å². The standard InChI is InChI=1S/C14H28N2O2/c1-2-16(13-9-14(18)10-13)11-12-3-5-15(6-4-12)7-8-17/h12-14,17-18H,2-11H2,1H3/t13-,14-. The van der Waals surface area contributed by atoms with Crippen LogP contribution in [0.2, 0.25) is 0 Å². The van der Waals surface area contributed by atoms with Gasteiger partial charge in [0.15, 0.2) is 0 Å². The van der Waals surface area contributed by atoms with Crippen molar-refractivity contribution < 1.29 is 10.2 Å². The number of nitrogens with zero attached hydrogens (tertiary/aromatic N) is 2. The van der Waals surface area contributed by atoms with Gasteiger partial charge in [-0.1, -0.05) is 6.92 Å². The fourth-order valence-electron chi connectivity index (χ4n) is 3.26. The summed E-state index contributed by atoms with van der Waals surface area (Å²) < 4.78 is 0. The van der Waals surface area contributed by atoms with Crippen molar-refractivity contribution >= 4 is 0 Å². The Morgan fingerprint density at radius 1 is 1.22 bits per heavy atom. The van der Waals surface area contributed by atoms with E-state index in [0.717, 1.165) is 44.9 Å². The van der Waals surface area contributed by atoms with Crippen LogP contribution in [0.3, 0.4) is 0 Å². The first-order chi connectivity index (χ1) is 8.72. The van der Waals surface area contributed by atoms with E-state index >= 15 is 0 Å². The molecule has 2 fully saturated rings. The molecule has 2 N–H and O–H groups in total. The molecule has 4 heteroatoms. The molecule has 0 unspecified atom stereocenters. The zero-order valence-electron chi connectivity index (χ0n) is 11.6. The molecule has 0 bridgehead atoms. The van der Waals surface area contributed by atoms with Crippen molar-refractivity contribution in [2.45, 2.75) is 44.8 Å². The Kier molecular flexibility index (Phi) is 5.42. The maximum absolute atomic E-state index is 9.41. The van der Waals surface area contributed by atoms with Gasteiger partial charge < -0.3 is 20.0 Å². The van der Waals surface area contributed by atoms with Crippen molar-refractivity contribution in [3.05, 3.63) is 0 Å². The van der Waals surface area contributed by atoms with Gasteiger partial charge in [0.2, 0.25) is 0 Å². The predicted molar refractivity (Wildman–Crippen MR) is 72.5 cm³/mol. The Hall–Kier alpha value is -0.160. The average Bonchev–Trinajstić information content (AvgIpc) is 2.35. The van der Waals surface area contributed by atoms with Crippen molar-refractivity contribution in [3.8, 4) is 0 Å². The van der Waals surface area contributed by atoms with Crippen molar-refractivity contribution in [1.82, 2.24) is 9.80 Å². The van der Waals surface area contributed by atoms with E-state index in [2.05, 4.69) is 16.7 Å². The number of rotatable bonds is 6. The summed E-state index contributed by atoms with van der Waals surface area (Å²) in [7, 11) is 0. The third kappa shape index (κ3) is 3.67. The van der Waals surface area contributed by atoms with E-state index in [1.807, 2.05) is 0 Å². The zero-order chi connectivity index (χ0) is 13.0. The van der Waals surface area contributed by atoms with Crippen LogP contribution in [0.25, 0.3) is 0 Å². The van der Waals surface area contributed by atoms with Crippen molar-refractivity contribution in [2.24, 2.45) is 5.92 Å². The normalized spacial score (nSPS) is 30.7. The van der Waals surface area contributed by atoms with Gasteiger partial charge in [-0.15, -0.1) is 0 Å². The van der Waals surface area contributed by atoms with Crippen LogP contribution in [-0.2, 0) is 0 Å². The molecule has 1 aliphatic carbocycles. The molecule has 0 amide bonds. The van der Waals surface area contributed by atoms with Crippen LogP contribution in [0.1, 0.15) is 32.6 Å². The molecule has 0 spiro atoms. The lowest BCUT2D eigenvalue weighted by Crippen LogP contribution is -2.49. The Balaban J connectivity index is 1.69. The molecule has 0 aromatic heterocycles. The Labute approximate surface area is 111 Å². The molecule has 0 atom stereocenters. The quantitative estimate of drug-likeness (QED) is 0.728. The van der Waals surface area contributed by atoms with Crippen LogP contribution in [0, 0.1) is 5.92 Å². The highest BCUT2D eigenvalue weighted by molar-refractivity contribution is 4.88. The highest BCUT2D eigenvalue weighted by atomic mass is 16.3. The highest BCUT2D eigenvalue weighted by Crippen LogP contribution is 2.27. The summed E-state index contributed by atoms with van der Waals surface area (Å²) in [5.41, 5.74) is 0. The molecule has 1 aliphatic heterocycles. The molecule has 18 heavy (non-hydrogen) atoms. The van der Waals surface area contributed by atoms with E-state index in [1.54, 1.807) is 0 Å². The second kappa shape index (κ2) is 6.85. The van der Waals surface area contributed by atoms with Crippen molar-refractivity contribution in [2.75, 3.05) is 39.3 Å². The molecule has 1 saturated carbocycles. The highest BCUT2D eigenvalue weighted by Gasteiger charge is 2.33. The Morgan fingerprint density at radius 2 is 1.89 bits per heavy atom. The van der Waals surface area contributed by atoms with Gasteiger partial charge in [-0.05, 0) is 51.2 Å². The van der Waals surface area contributed by atoms with Crippen LogP contribution in [0.15, 0.2) is 0 Å². The molecular weight excluding hydrogens is 228 g/mol. The molecule has 0 radical (unpaired) electrons. The summed E-state index contributed by atoms with van der Waals surface area (Å²) in [6, 6.07) is 0.625.